The van der Waals surface area contributed by atoms with Crippen LogP contribution >= 0.6 is 11.6 Å². The Morgan fingerprint density at radius 1 is 1.50 bits per heavy atom. The molecule has 1 atom stereocenters. The molecule has 1 amide bonds. The molecule has 5 nitrogen and oxygen atoms in total. The van der Waals surface area contributed by atoms with Gasteiger partial charge in [0.05, 0.1) is 10.6 Å². The molecule has 0 aliphatic rings. The first-order chi connectivity index (χ1) is 8.45. The highest BCUT2D eigenvalue weighted by molar-refractivity contribution is 6.33. The van der Waals surface area contributed by atoms with E-state index in [4.69, 9.17) is 23.1 Å². The number of hydrogen-bond donors (Lipinski definition) is 3. The van der Waals surface area contributed by atoms with Crippen molar-refractivity contribution in [3.05, 3.63) is 28.8 Å². The molecule has 0 spiro atoms. The van der Waals surface area contributed by atoms with Crippen molar-refractivity contribution in [1.82, 2.24) is 5.32 Å². The highest BCUT2D eigenvalue weighted by Crippen LogP contribution is 2.21. The van der Waals surface area contributed by atoms with Gasteiger partial charge in [-0.3, -0.25) is 4.79 Å². The van der Waals surface area contributed by atoms with Gasteiger partial charge < -0.3 is 15.5 Å². The Hall–Kier alpha value is -2.19. The van der Waals surface area contributed by atoms with Gasteiger partial charge in [0.2, 0.25) is 0 Å². The number of rotatable bonds is 4. The summed E-state index contributed by atoms with van der Waals surface area (Å²) in [4.78, 5) is 22.6. The summed E-state index contributed by atoms with van der Waals surface area (Å²) >= 11 is 5.77. The fraction of sp³-hybridized carbons (Fsp3) is 0.167. The number of phenols is 1. The molecule has 1 unspecified atom stereocenters. The molecule has 6 heteroatoms. The summed E-state index contributed by atoms with van der Waals surface area (Å²) in [7, 11) is 0. The minimum atomic E-state index is -1.24. The number of carboxylic acid groups (broad SMARTS) is 1. The number of nitrogens with one attached hydrogen (secondary N) is 1. The van der Waals surface area contributed by atoms with E-state index in [-0.39, 0.29) is 22.8 Å². The zero-order valence-corrected chi connectivity index (χ0v) is 9.94. The fourth-order valence-electron chi connectivity index (χ4n) is 1.24. The van der Waals surface area contributed by atoms with Gasteiger partial charge in [-0.25, -0.2) is 4.79 Å². The van der Waals surface area contributed by atoms with E-state index in [0.717, 1.165) is 6.07 Å². The van der Waals surface area contributed by atoms with Crippen molar-refractivity contribution in [2.24, 2.45) is 0 Å². The van der Waals surface area contributed by atoms with Gasteiger partial charge in [0.15, 0.2) is 0 Å². The molecule has 0 aromatic heterocycles. The van der Waals surface area contributed by atoms with Crippen molar-refractivity contribution in [2.75, 3.05) is 0 Å². The molecular formula is C12H10ClNO4. The smallest absolute Gasteiger partial charge is 0.327 e. The SMILES string of the molecule is C#CCC(NC(=O)c1cc(O)ccc1Cl)C(=O)O. The third-order valence-corrected chi connectivity index (χ3v) is 2.45. The van der Waals surface area contributed by atoms with Crippen LogP contribution in [0.1, 0.15) is 16.8 Å². The van der Waals surface area contributed by atoms with Crippen molar-refractivity contribution in [1.29, 1.82) is 0 Å². The zero-order chi connectivity index (χ0) is 13.7. The second-order valence-corrected chi connectivity index (χ2v) is 3.84. The Kier molecular flexibility index (Phi) is 4.58. The molecule has 0 radical (unpaired) electrons. The summed E-state index contributed by atoms with van der Waals surface area (Å²) < 4.78 is 0. The summed E-state index contributed by atoms with van der Waals surface area (Å²) in [6.45, 7) is 0. The lowest BCUT2D eigenvalue weighted by Crippen LogP contribution is -2.40. The minimum Gasteiger partial charge on any atom is -0.508 e. The summed E-state index contributed by atoms with van der Waals surface area (Å²) in [5.74, 6) is 0.0610. The lowest BCUT2D eigenvalue weighted by Gasteiger charge is -2.12. The minimum absolute atomic E-state index is 0.0139. The van der Waals surface area contributed by atoms with Crippen molar-refractivity contribution in [3.8, 4) is 18.1 Å². The molecule has 1 rings (SSSR count). The van der Waals surface area contributed by atoms with Gasteiger partial charge in [0.1, 0.15) is 11.8 Å². The van der Waals surface area contributed by atoms with Gasteiger partial charge >= 0.3 is 5.97 Å². The lowest BCUT2D eigenvalue weighted by molar-refractivity contribution is -0.139. The molecule has 3 N–H and O–H groups in total. The first kappa shape index (κ1) is 13.9. The van der Waals surface area contributed by atoms with Gasteiger partial charge in [-0.1, -0.05) is 11.6 Å². The topological polar surface area (TPSA) is 86.6 Å². The van der Waals surface area contributed by atoms with Crippen molar-refractivity contribution >= 4 is 23.5 Å². The Morgan fingerprint density at radius 3 is 2.72 bits per heavy atom. The summed E-state index contributed by atoms with van der Waals surface area (Å²) in [6, 6.07) is 2.60. The fourth-order valence-corrected chi connectivity index (χ4v) is 1.44. The molecule has 0 aliphatic heterocycles. The number of phenolic OH excluding ortho intramolecular Hbond substituents is 1. The predicted octanol–water partition coefficient (Wildman–Crippen LogP) is 1.25. The average Bonchev–Trinajstić information content (AvgIpc) is 2.31. The Bertz CT molecular complexity index is 521. The number of aromatic hydroxyl groups is 1. The number of terminal acetylenes is 1. The molecule has 18 heavy (non-hydrogen) atoms. The van der Waals surface area contributed by atoms with Crippen molar-refractivity contribution in [3.63, 3.8) is 0 Å². The van der Waals surface area contributed by atoms with Crippen molar-refractivity contribution in [2.45, 2.75) is 12.5 Å². The van der Waals surface area contributed by atoms with E-state index < -0.39 is 17.9 Å². The maximum atomic E-state index is 11.8. The summed E-state index contributed by atoms with van der Waals surface area (Å²) in [5, 5.41) is 20.4. The van der Waals surface area contributed by atoms with E-state index in [0.29, 0.717) is 0 Å². The van der Waals surface area contributed by atoms with Gasteiger partial charge in [-0.2, -0.15) is 0 Å². The predicted molar refractivity (Wildman–Crippen MR) is 65.5 cm³/mol. The molecule has 0 saturated carbocycles. The number of amides is 1. The number of carbonyl (C=O) groups excluding carboxylic acids is 1. The van der Waals surface area contributed by atoms with E-state index in [1.807, 2.05) is 0 Å². The molecule has 1 aromatic rings. The monoisotopic (exact) mass is 267 g/mol. The van der Waals surface area contributed by atoms with Gasteiger partial charge in [-0.05, 0) is 18.2 Å². The Morgan fingerprint density at radius 2 is 2.17 bits per heavy atom. The Labute approximate surface area is 108 Å². The third-order valence-electron chi connectivity index (χ3n) is 2.12. The first-order valence-corrected chi connectivity index (χ1v) is 5.29. The highest BCUT2D eigenvalue weighted by atomic mass is 35.5. The lowest BCUT2D eigenvalue weighted by atomic mass is 10.1. The normalized spacial score (nSPS) is 11.3. The van der Waals surface area contributed by atoms with E-state index in [1.165, 1.54) is 12.1 Å². The second kappa shape index (κ2) is 5.94. The van der Waals surface area contributed by atoms with Crippen LogP contribution in [-0.4, -0.2) is 28.1 Å². The molecule has 0 heterocycles. The third kappa shape index (κ3) is 3.40. The number of carboxylic acids is 1. The number of halogens is 1. The molecule has 1 aromatic carbocycles. The van der Waals surface area contributed by atoms with E-state index >= 15 is 0 Å². The van der Waals surface area contributed by atoms with E-state index in [9.17, 15) is 14.7 Å². The maximum Gasteiger partial charge on any atom is 0.327 e. The molecule has 0 saturated heterocycles. The van der Waals surface area contributed by atoms with Crippen molar-refractivity contribution < 1.29 is 19.8 Å². The van der Waals surface area contributed by atoms with Crippen LogP contribution in [0.3, 0.4) is 0 Å². The van der Waals surface area contributed by atoms with Gasteiger partial charge in [0, 0.05) is 6.42 Å². The quantitative estimate of drug-likeness (QED) is 0.717. The molecule has 0 bridgehead atoms. The zero-order valence-electron chi connectivity index (χ0n) is 9.18. The van der Waals surface area contributed by atoms with Crippen LogP contribution in [0.2, 0.25) is 5.02 Å². The number of carbonyl (C=O) groups is 2. The molecular weight excluding hydrogens is 258 g/mol. The summed E-state index contributed by atoms with van der Waals surface area (Å²) in [5.41, 5.74) is -0.0139. The maximum absolute atomic E-state index is 11.8. The molecule has 0 fully saturated rings. The average molecular weight is 268 g/mol. The standard InChI is InChI=1S/C12H10ClNO4/c1-2-3-10(12(17)18)14-11(16)8-6-7(15)4-5-9(8)13/h1,4-6,10,15H,3H2,(H,14,16)(H,17,18). The van der Waals surface area contributed by atoms with Crippen LogP contribution in [-0.2, 0) is 4.79 Å². The molecule has 94 valence electrons. The van der Waals surface area contributed by atoms with Gasteiger partial charge in [0.25, 0.3) is 5.91 Å². The number of hydrogen-bond acceptors (Lipinski definition) is 3. The Balaban J connectivity index is 2.91. The van der Waals surface area contributed by atoms with Crippen LogP contribution in [0.4, 0.5) is 0 Å². The van der Waals surface area contributed by atoms with Crippen LogP contribution in [0.25, 0.3) is 0 Å². The highest BCUT2D eigenvalue weighted by Gasteiger charge is 2.21. The van der Waals surface area contributed by atoms with Crippen LogP contribution in [0, 0.1) is 12.3 Å². The number of benzene rings is 1. The van der Waals surface area contributed by atoms with Gasteiger partial charge in [-0.15, -0.1) is 12.3 Å². The van der Waals surface area contributed by atoms with Crippen LogP contribution in [0.5, 0.6) is 5.75 Å². The largest absolute Gasteiger partial charge is 0.508 e. The molecule has 0 aliphatic carbocycles. The van der Waals surface area contributed by atoms with E-state index in [1.54, 1.807) is 0 Å². The van der Waals surface area contributed by atoms with Crippen LogP contribution in [0.15, 0.2) is 18.2 Å². The summed E-state index contributed by atoms with van der Waals surface area (Å²) in [6.07, 6.45) is 4.86. The second-order valence-electron chi connectivity index (χ2n) is 3.44. The van der Waals surface area contributed by atoms with Crippen LogP contribution < -0.4 is 5.32 Å². The first-order valence-electron chi connectivity index (χ1n) is 4.91. The number of aliphatic carboxylic acids is 1. The van der Waals surface area contributed by atoms with E-state index in [2.05, 4.69) is 11.2 Å².